The van der Waals surface area contributed by atoms with E-state index in [4.69, 9.17) is 14.2 Å². The molecule has 2 N–H and O–H groups in total. The second kappa shape index (κ2) is 13.7. The van der Waals surface area contributed by atoms with E-state index in [1.54, 1.807) is 37.5 Å². The Balaban J connectivity index is 1.96. The fourth-order valence-corrected chi connectivity index (χ4v) is 3.08. The zero-order valence-corrected chi connectivity index (χ0v) is 20.2. The number of amides is 2. The highest BCUT2D eigenvalue weighted by atomic mass is 16.5. The molecule has 2 rings (SSSR count). The van der Waals surface area contributed by atoms with Gasteiger partial charge in [0.1, 0.15) is 18.4 Å². The third kappa shape index (κ3) is 8.61. The molecule has 0 radical (unpaired) electrons. The molecule has 2 amide bonds. The van der Waals surface area contributed by atoms with Crippen molar-refractivity contribution in [3.63, 3.8) is 0 Å². The first-order valence-electron chi connectivity index (χ1n) is 11.1. The van der Waals surface area contributed by atoms with Crippen LogP contribution >= 0.6 is 0 Å². The van der Waals surface area contributed by atoms with E-state index >= 15 is 0 Å². The molecule has 0 fully saturated rings. The smallest absolute Gasteiger partial charge is 0.262 e. The van der Waals surface area contributed by atoms with Gasteiger partial charge in [-0.05, 0) is 54.7 Å². The average Bonchev–Trinajstić information content (AvgIpc) is 2.81. The number of hydrogen-bond donors (Lipinski definition) is 2. The molecule has 0 aromatic heterocycles. The quantitative estimate of drug-likeness (QED) is 0.266. The summed E-state index contributed by atoms with van der Waals surface area (Å²) in [5.74, 6) is 1.14. The lowest BCUT2D eigenvalue weighted by atomic mass is 10.0. The Morgan fingerprint density at radius 3 is 2.53 bits per heavy atom. The topological polar surface area (TPSA) is 98.2 Å². The van der Waals surface area contributed by atoms with Crippen molar-refractivity contribution in [2.24, 2.45) is 11.0 Å². The lowest BCUT2D eigenvalue weighted by Crippen LogP contribution is -2.47. The van der Waals surface area contributed by atoms with Gasteiger partial charge in [0.25, 0.3) is 11.8 Å². The van der Waals surface area contributed by atoms with Crippen LogP contribution in [0.25, 0.3) is 0 Å². The number of hydrogen-bond acceptors (Lipinski definition) is 6. The standard InChI is InChI=1S/C26H33N3O5/c1-6-13-33-23-12-11-20(15-24(23)32-5)16-27-29-26(31)21(14-18(2)3)28-25(30)17-34-22-10-8-7-9-19(22)4/h6-12,15-16,18,21H,1,13-14,17H2,2-5H3,(H,28,30)(H,29,31)/b27-16-/t21-/m0/s1. The molecule has 34 heavy (non-hydrogen) atoms. The second-order valence-electron chi connectivity index (χ2n) is 8.05. The van der Waals surface area contributed by atoms with Gasteiger partial charge in [0, 0.05) is 0 Å². The number of methoxy groups -OCH3 is 1. The van der Waals surface area contributed by atoms with Crippen LogP contribution in [0.2, 0.25) is 0 Å². The molecular formula is C26H33N3O5. The second-order valence-corrected chi connectivity index (χ2v) is 8.05. The van der Waals surface area contributed by atoms with Gasteiger partial charge in [0.2, 0.25) is 0 Å². The molecule has 0 unspecified atom stereocenters. The van der Waals surface area contributed by atoms with Gasteiger partial charge in [-0.1, -0.05) is 44.7 Å². The van der Waals surface area contributed by atoms with E-state index in [1.165, 1.54) is 6.21 Å². The van der Waals surface area contributed by atoms with E-state index < -0.39 is 11.9 Å². The van der Waals surface area contributed by atoms with Crippen molar-refractivity contribution in [3.8, 4) is 17.2 Å². The zero-order chi connectivity index (χ0) is 24.9. The van der Waals surface area contributed by atoms with E-state index in [0.29, 0.717) is 35.8 Å². The van der Waals surface area contributed by atoms with Gasteiger partial charge >= 0.3 is 0 Å². The Hall–Kier alpha value is -3.81. The van der Waals surface area contributed by atoms with E-state index in [0.717, 1.165) is 5.56 Å². The van der Waals surface area contributed by atoms with Gasteiger partial charge in [-0.15, -0.1) is 0 Å². The highest BCUT2D eigenvalue weighted by Gasteiger charge is 2.22. The maximum absolute atomic E-state index is 12.7. The van der Waals surface area contributed by atoms with Crippen molar-refractivity contribution >= 4 is 18.0 Å². The SMILES string of the molecule is C=CCOc1ccc(/C=N\NC(=O)[C@H](CC(C)C)NC(=O)COc2ccccc2C)cc1OC. The maximum Gasteiger partial charge on any atom is 0.262 e. The largest absolute Gasteiger partial charge is 0.493 e. The van der Waals surface area contributed by atoms with Crippen molar-refractivity contribution in [1.82, 2.24) is 10.7 Å². The summed E-state index contributed by atoms with van der Waals surface area (Å²) in [7, 11) is 1.54. The molecule has 0 heterocycles. The van der Waals surface area contributed by atoms with E-state index in [9.17, 15) is 9.59 Å². The van der Waals surface area contributed by atoms with E-state index in [2.05, 4.69) is 22.4 Å². The van der Waals surface area contributed by atoms with Crippen molar-refractivity contribution in [3.05, 3.63) is 66.2 Å². The molecule has 2 aromatic rings. The number of ether oxygens (including phenoxy) is 3. The fraction of sp³-hybridized carbons (Fsp3) is 0.346. The first-order valence-corrected chi connectivity index (χ1v) is 11.1. The molecule has 182 valence electrons. The normalized spacial score (nSPS) is 11.7. The van der Waals surface area contributed by atoms with Gasteiger partial charge in [0.15, 0.2) is 18.1 Å². The monoisotopic (exact) mass is 467 g/mol. The van der Waals surface area contributed by atoms with Gasteiger partial charge in [-0.3, -0.25) is 9.59 Å². The van der Waals surface area contributed by atoms with Crippen LogP contribution in [0.3, 0.4) is 0 Å². The number of aryl methyl sites for hydroxylation is 1. The van der Waals surface area contributed by atoms with Gasteiger partial charge < -0.3 is 19.5 Å². The molecule has 0 aliphatic carbocycles. The molecule has 8 nitrogen and oxygen atoms in total. The van der Waals surface area contributed by atoms with Crippen LogP contribution in [0.5, 0.6) is 17.2 Å². The van der Waals surface area contributed by atoms with Crippen molar-refractivity contribution < 1.29 is 23.8 Å². The average molecular weight is 468 g/mol. The van der Waals surface area contributed by atoms with Crippen LogP contribution in [-0.2, 0) is 9.59 Å². The number of nitrogens with zero attached hydrogens (tertiary/aromatic N) is 1. The first-order chi connectivity index (χ1) is 16.3. The summed E-state index contributed by atoms with van der Waals surface area (Å²) in [5.41, 5.74) is 4.14. The molecule has 0 aliphatic rings. The van der Waals surface area contributed by atoms with Crippen LogP contribution in [0, 0.1) is 12.8 Å². The minimum absolute atomic E-state index is 0.184. The van der Waals surface area contributed by atoms with Gasteiger partial charge in [-0.2, -0.15) is 5.10 Å². The minimum Gasteiger partial charge on any atom is -0.493 e. The summed E-state index contributed by atoms with van der Waals surface area (Å²) < 4.78 is 16.4. The number of benzene rings is 2. The molecule has 0 saturated heterocycles. The van der Waals surface area contributed by atoms with Crippen LogP contribution in [-0.4, -0.2) is 44.4 Å². The van der Waals surface area contributed by atoms with Crippen molar-refractivity contribution in [1.29, 1.82) is 0 Å². The predicted molar refractivity (Wildman–Crippen MR) is 132 cm³/mol. The Labute approximate surface area is 201 Å². The zero-order valence-electron chi connectivity index (χ0n) is 20.2. The number of rotatable bonds is 13. The van der Waals surface area contributed by atoms with Gasteiger partial charge in [0.05, 0.1) is 13.3 Å². The maximum atomic E-state index is 12.7. The molecule has 0 aliphatic heterocycles. The van der Waals surface area contributed by atoms with E-state index in [-0.39, 0.29) is 18.4 Å². The molecular weight excluding hydrogens is 434 g/mol. The predicted octanol–water partition coefficient (Wildman–Crippen LogP) is 3.63. The summed E-state index contributed by atoms with van der Waals surface area (Å²) >= 11 is 0. The minimum atomic E-state index is -0.741. The number of carbonyl (C=O) groups excluding carboxylic acids is 2. The highest BCUT2D eigenvalue weighted by molar-refractivity contribution is 5.89. The van der Waals surface area contributed by atoms with Crippen molar-refractivity contribution in [2.75, 3.05) is 20.3 Å². The number of para-hydroxylation sites is 1. The molecule has 2 aromatic carbocycles. The Bertz CT molecular complexity index is 1000. The number of hydrazone groups is 1. The lowest BCUT2D eigenvalue weighted by Gasteiger charge is -2.19. The third-order valence-corrected chi connectivity index (χ3v) is 4.74. The lowest BCUT2D eigenvalue weighted by molar-refractivity contribution is -0.130. The molecule has 1 atom stereocenters. The fourth-order valence-electron chi connectivity index (χ4n) is 3.08. The molecule has 0 bridgehead atoms. The number of carbonyl (C=O) groups is 2. The highest BCUT2D eigenvalue weighted by Crippen LogP contribution is 2.27. The van der Waals surface area contributed by atoms with Crippen LogP contribution in [0.4, 0.5) is 0 Å². The third-order valence-electron chi connectivity index (χ3n) is 4.74. The Morgan fingerprint density at radius 2 is 1.85 bits per heavy atom. The first kappa shape index (κ1) is 26.4. The van der Waals surface area contributed by atoms with E-state index in [1.807, 2.05) is 39.0 Å². The van der Waals surface area contributed by atoms with Gasteiger partial charge in [-0.25, -0.2) is 5.43 Å². The summed E-state index contributed by atoms with van der Waals surface area (Å²) in [5, 5.41) is 6.77. The van der Waals surface area contributed by atoms with Crippen LogP contribution in [0.1, 0.15) is 31.4 Å². The van der Waals surface area contributed by atoms with Crippen LogP contribution in [0.15, 0.2) is 60.2 Å². The Kier molecular flexibility index (Phi) is 10.6. The number of nitrogens with one attached hydrogen (secondary N) is 2. The summed E-state index contributed by atoms with van der Waals surface area (Å²) in [6.07, 6.45) is 3.60. The summed E-state index contributed by atoms with van der Waals surface area (Å²) in [4.78, 5) is 25.1. The summed E-state index contributed by atoms with van der Waals surface area (Å²) in [6.45, 7) is 9.65. The molecule has 0 saturated carbocycles. The summed E-state index contributed by atoms with van der Waals surface area (Å²) in [6, 6.07) is 12.0. The Morgan fingerprint density at radius 1 is 1.09 bits per heavy atom. The van der Waals surface area contributed by atoms with Crippen molar-refractivity contribution in [2.45, 2.75) is 33.2 Å². The molecule has 0 spiro atoms. The molecule has 8 heteroatoms. The van der Waals surface area contributed by atoms with Crippen LogP contribution < -0.4 is 25.0 Å².